The molecule has 1 fully saturated rings. The van der Waals surface area contributed by atoms with Crippen LogP contribution in [0.25, 0.3) is 0 Å². The lowest BCUT2D eigenvalue weighted by molar-refractivity contribution is 0.263. The summed E-state index contributed by atoms with van der Waals surface area (Å²) in [5.41, 5.74) is 3.19. The first-order valence-corrected chi connectivity index (χ1v) is 7.64. The van der Waals surface area contributed by atoms with Crippen LogP contribution in [-0.4, -0.2) is 36.1 Å². The zero-order chi connectivity index (χ0) is 13.9. The number of rotatable bonds is 2. The van der Waals surface area contributed by atoms with Gasteiger partial charge in [0.25, 0.3) is 0 Å². The van der Waals surface area contributed by atoms with Gasteiger partial charge in [0.2, 0.25) is 0 Å². The molecule has 0 atom stereocenters. The molecule has 4 nitrogen and oxygen atoms in total. The number of nitriles is 1. The molecule has 3 rings (SSSR count). The molecule has 0 saturated carbocycles. The van der Waals surface area contributed by atoms with Crippen molar-refractivity contribution >= 4 is 5.82 Å². The molecule has 20 heavy (non-hydrogen) atoms. The molecular weight excluding hydrogens is 248 g/mol. The summed E-state index contributed by atoms with van der Waals surface area (Å²) in [6.45, 7) is 2.23. The van der Waals surface area contributed by atoms with Crippen LogP contribution in [0.1, 0.15) is 42.5 Å². The van der Waals surface area contributed by atoms with Gasteiger partial charge in [-0.3, -0.25) is 0 Å². The molecule has 1 aromatic heterocycles. The molecule has 1 aromatic rings. The Hall–Kier alpha value is -1.60. The van der Waals surface area contributed by atoms with Crippen molar-refractivity contribution < 1.29 is 0 Å². The number of aromatic nitrogens is 1. The van der Waals surface area contributed by atoms with Crippen LogP contribution < -0.4 is 5.32 Å². The molecule has 0 radical (unpaired) electrons. The number of aryl methyl sites for hydroxylation is 2. The standard InChI is InChI=1S/C16H22N4/c1-20-8-6-14(7-9-20)18-16-13(11-17)10-12-4-2-3-5-15(12)19-16/h10,14H,2-9H2,1H3,(H,18,19). The molecule has 0 aromatic carbocycles. The number of hydrogen-bond acceptors (Lipinski definition) is 4. The molecule has 4 heteroatoms. The highest BCUT2D eigenvalue weighted by Crippen LogP contribution is 2.25. The summed E-state index contributed by atoms with van der Waals surface area (Å²) in [6.07, 6.45) is 6.83. The lowest BCUT2D eigenvalue weighted by Crippen LogP contribution is -2.37. The summed E-state index contributed by atoms with van der Waals surface area (Å²) in [4.78, 5) is 7.10. The van der Waals surface area contributed by atoms with E-state index in [2.05, 4.69) is 29.4 Å². The summed E-state index contributed by atoms with van der Waals surface area (Å²) >= 11 is 0. The van der Waals surface area contributed by atoms with Gasteiger partial charge in [-0.05, 0) is 70.3 Å². The lowest BCUT2D eigenvalue weighted by atomic mass is 9.94. The molecule has 0 spiro atoms. The van der Waals surface area contributed by atoms with Crippen molar-refractivity contribution in [3.8, 4) is 6.07 Å². The summed E-state index contributed by atoms with van der Waals surface area (Å²) in [5, 5.41) is 12.9. The highest BCUT2D eigenvalue weighted by atomic mass is 15.1. The maximum absolute atomic E-state index is 9.35. The van der Waals surface area contributed by atoms with Crippen LogP contribution in [0.2, 0.25) is 0 Å². The van der Waals surface area contributed by atoms with Gasteiger partial charge in [0.1, 0.15) is 11.9 Å². The Kier molecular flexibility index (Phi) is 3.88. The number of hydrogen-bond donors (Lipinski definition) is 1. The quantitative estimate of drug-likeness (QED) is 0.896. The lowest BCUT2D eigenvalue weighted by Gasteiger charge is -2.30. The Bertz CT molecular complexity index is 524. The highest BCUT2D eigenvalue weighted by molar-refractivity contribution is 5.55. The van der Waals surface area contributed by atoms with Gasteiger partial charge in [-0.25, -0.2) is 4.98 Å². The Morgan fingerprint density at radius 2 is 2.05 bits per heavy atom. The predicted octanol–water partition coefficient (Wildman–Crippen LogP) is 2.34. The van der Waals surface area contributed by atoms with E-state index in [0.29, 0.717) is 11.6 Å². The van der Waals surface area contributed by atoms with E-state index in [1.54, 1.807) is 0 Å². The van der Waals surface area contributed by atoms with Gasteiger partial charge in [-0.2, -0.15) is 5.26 Å². The van der Waals surface area contributed by atoms with Crippen LogP contribution in [0.5, 0.6) is 0 Å². The maximum Gasteiger partial charge on any atom is 0.144 e. The summed E-state index contributed by atoms with van der Waals surface area (Å²) in [6, 6.07) is 4.81. The number of pyridine rings is 1. The molecule has 1 aliphatic carbocycles. The number of anilines is 1. The summed E-state index contributed by atoms with van der Waals surface area (Å²) in [7, 11) is 2.16. The third-order valence-electron chi connectivity index (χ3n) is 4.48. The fraction of sp³-hybridized carbons (Fsp3) is 0.625. The van der Waals surface area contributed by atoms with E-state index >= 15 is 0 Å². The molecule has 0 unspecified atom stereocenters. The largest absolute Gasteiger partial charge is 0.366 e. The fourth-order valence-electron chi connectivity index (χ4n) is 3.18. The number of nitrogens with zero attached hydrogens (tertiary/aromatic N) is 3. The Labute approximate surface area is 120 Å². The van der Waals surface area contributed by atoms with Crippen LogP contribution in [-0.2, 0) is 12.8 Å². The first-order valence-electron chi connectivity index (χ1n) is 7.64. The van der Waals surface area contributed by atoms with Gasteiger partial charge in [-0.15, -0.1) is 0 Å². The second kappa shape index (κ2) is 5.80. The van der Waals surface area contributed by atoms with Gasteiger partial charge < -0.3 is 10.2 Å². The monoisotopic (exact) mass is 270 g/mol. The number of likely N-dealkylation sites (tertiary alicyclic amines) is 1. The van der Waals surface area contributed by atoms with Crippen molar-refractivity contribution in [1.82, 2.24) is 9.88 Å². The molecule has 1 saturated heterocycles. The summed E-state index contributed by atoms with van der Waals surface area (Å²) in [5.74, 6) is 0.808. The number of piperidine rings is 1. The Morgan fingerprint density at radius 3 is 2.80 bits per heavy atom. The number of nitrogens with one attached hydrogen (secondary N) is 1. The second-order valence-electron chi connectivity index (χ2n) is 6.03. The summed E-state index contributed by atoms with van der Waals surface area (Å²) < 4.78 is 0. The minimum Gasteiger partial charge on any atom is -0.366 e. The van der Waals surface area contributed by atoms with E-state index in [-0.39, 0.29) is 0 Å². The zero-order valence-electron chi connectivity index (χ0n) is 12.2. The van der Waals surface area contributed by atoms with Crippen LogP contribution in [0, 0.1) is 11.3 Å². The average molecular weight is 270 g/mol. The van der Waals surface area contributed by atoms with Crippen LogP contribution >= 0.6 is 0 Å². The van der Waals surface area contributed by atoms with Crippen LogP contribution in [0.4, 0.5) is 5.82 Å². The van der Waals surface area contributed by atoms with Crippen molar-refractivity contribution in [2.75, 3.05) is 25.5 Å². The Morgan fingerprint density at radius 1 is 1.30 bits per heavy atom. The second-order valence-corrected chi connectivity index (χ2v) is 6.03. The zero-order valence-corrected chi connectivity index (χ0v) is 12.2. The van der Waals surface area contributed by atoms with Crippen molar-refractivity contribution in [3.63, 3.8) is 0 Å². The SMILES string of the molecule is CN1CCC(Nc2nc3c(cc2C#N)CCCC3)CC1. The molecule has 1 aliphatic heterocycles. The molecular formula is C16H22N4. The highest BCUT2D eigenvalue weighted by Gasteiger charge is 2.20. The number of fused-ring (bicyclic) bond motifs is 1. The van der Waals surface area contributed by atoms with E-state index in [1.807, 2.05) is 0 Å². The molecule has 2 aliphatic rings. The molecule has 0 bridgehead atoms. The predicted molar refractivity (Wildman–Crippen MR) is 79.7 cm³/mol. The van der Waals surface area contributed by atoms with Crippen molar-refractivity contribution in [2.24, 2.45) is 0 Å². The molecule has 2 heterocycles. The van der Waals surface area contributed by atoms with Gasteiger partial charge in [0.05, 0.1) is 5.56 Å². The topological polar surface area (TPSA) is 52.0 Å². The van der Waals surface area contributed by atoms with E-state index in [0.717, 1.165) is 44.6 Å². The van der Waals surface area contributed by atoms with E-state index < -0.39 is 0 Å². The average Bonchev–Trinajstić information content (AvgIpc) is 2.49. The molecule has 106 valence electrons. The normalized spacial score (nSPS) is 20.2. The van der Waals surface area contributed by atoms with Crippen molar-refractivity contribution in [1.29, 1.82) is 5.26 Å². The van der Waals surface area contributed by atoms with E-state index in [4.69, 9.17) is 4.98 Å². The first kappa shape index (κ1) is 13.4. The third kappa shape index (κ3) is 2.78. The minimum absolute atomic E-state index is 0.451. The third-order valence-corrected chi connectivity index (χ3v) is 4.48. The van der Waals surface area contributed by atoms with Gasteiger partial charge in [0, 0.05) is 11.7 Å². The van der Waals surface area contributed by atoms with Crippen molar-refractivity contribution in [2.45, 2.75) is 44.6 Å². The first-order chi connectivity index (χ1) is 9.76. The van der Waals surface area contributed by atoms with Crippen molar-refractivity contribution in [3.05, 3.63) is 22.9 Å². The fourth-order valence-corrected chi connectivity index (χ4v) is 3.18. The van der Waals surface area contributed by atoms with Crippen LogP contribution in [0.15, 0.2) is 6.07 Å². The van der Waals surface area contributed by atoms with Gasteiger partial charge >= 0.3 is 0 Å². The van der Waals surface area contributed by atoms with Gasteiger partial charge in [-0.1, -0.05) is 0 Å². The smallest absolute Gasteiger partial charge is 0.144 e. The minimum atomic E-state index is 0.451. The maximum atomic E-state index is 9.35. The Balaban J connectivity index is 1.80. The van der Waals surface area contributed by atoms with Crippen LogP contribution in [0.3, 0.4) is 0 Å². The van der Waals surface area contributed by atoms with E-state index in [9.17, 15) is 5.26 Å². The van der Waals surface area contributed by atoms with Gasteiger partial charge in [0.15, 0.2) is 0 Å². The molecule has 0 amide bonds. The molecule has 1 N–H and O–H groups in total. The van der Waals surface area contributed by atoms with E-state index in [1.165, 1.54) is 24.1 Å².